The lowest BCUT2D eigenvalue weighted by Crippen LogP contribution is -2.49. The first-order valence-electron chi connectivity index (χ1n) is 16.7. The van der Waals surface area contributed by atoms with Crippen LogP contribution < -0.4 is 26.3 Å². The van der Waals surface area contributed by atoms with Crippen LogP contribution in [0.25, 0.3) is 0 Å². The van der Waals surface area contributed by atoms with E-state index in [1.807, 2.05) is 12.1 Å². The molecule has 1 amide bonds. The van der Waals surface area contributed by atoms with Crippen molar-refractivity contribution in [2.45, 2.75) is 56.7 Å². The van der Waals surface area contributed by atoms with Crippen molar-refractivity contribution in [3.63, 3.8) is 0 Å². The summed E-state index contributed by atoms with van der Waals surface area (Å²) < 4.78 is 56.2. The molecule has 4 rings (SSSR count). The number of piperidine rings is 1. The Balaban J connectivity index is 1.56. The van der Waals surface area contributed by atoms with Gasteiger partial charge in [-0.15, -0.1) is 0 Å². The van der Waals surface area contributed by atoms with Gasteiger partial charge < -0.3 is 40.6 Å². The van der Waals surface area contributed by atoms with Gasteiger partial charge in [-0.1, -0.05) is 42.3 Å². The fraction of sp³-hybridized carbons (Fsp3) is 0.429. The third-order valence-corrected chi connectivity index (χ3v) is 8.83. The average Bonchev–Trinajstić information content (AvgIpc) is 3.14. The second-order valence-corrected chi connectivity index (χ2v) is 12.6. The van der Waals surface area contributed by atoms with E-state index in [0.717, 1.165) is 43.5 Å². The van der Waals surface area contributed by atoms with Gasteiger partial charge in [0.1, 0.15) is 11.5 Å². The van der Waals surface area contributed by atoms with Gasteiger partial charge in [0.2, 0.25) is 0 Å². The van der Waals surface area contributed by atoms with Gasteiger partial charge in [-0.05, 0) is 87.0 Å². The van der Waals surface area contributed by atoms with Gasteiger partial charge in [0.15, 0.2) is 35.7 Å². The van der Waals surface area contributed by atoms with E-state index < -0.39 is 42.1 Å². The van der Waals surface area contributed by atoms with E-state index in [2.05, 4.69) is 29.7 Å². The van der Waals surface area contributed by atoms with Gasteiger partial charge in [-0.3, -0.25) is 4.79 Å². The SMILES string of the molecule is COC(=O)COc1ccc(C(CCCc2ccc(OCC(=O)OC(=O)C(F)(F)F)cc2)(CCN2CCCCC2)NC(=O)c2nc(Cl)c(N)nc2N)cc1. The molecule has 0 spiro atoms. The van der Waals surface area contributed by atoms with Crippen molar-refractivity contribution in [1.82, 2.24) is 20.2 Å². The highest BCUT2D eigenvalue weighted by atomic mass is 35.5. The molecule has 286 valence electrons. The minimum Gasteiger partial charge on any atom is -0.482 e. The summed E-state index contributed by atoms with van der Waals surface area (Å²) >= 11 is 6.12. The third kappa shape index (κ3) is 11.9. The largest absolute Gasteiger partial charge is 0.491 e. The van der Waals surface area contributed by atoms with E-state index in [4.69, 9.17) is 32.5 Å². The molecule has 0 aliphatic carbocycles. The summed E-state index contributed by atoms with van der Waals surface area (Å²) in [5.74, 6) is -4.99. The molecule has 53 heavy (non-hydrogen) atoms. The number of rotatable bonds is 16. The van der Waals surface area contributed by atoms with Gasteiger partial charge >= 0.3 is 24.1 Å². The van der Waals surface area contributed by atoms with Crippen LogP contribution >= 0.6 is 11.6 Å². The summed E-state index contributed by atoms with van der Waals surface area (Å²) in [5.41, 5.74) is 12.3. The number of carbonyl (C=O) groups excluding carboxylic acids is 4. The van der Waals surface area contributed by atoms with E-state index in [0.29, 0.717) is 38.0 Å². The number of nitrogens with one attached hydrogen (secondary N) is 1. The lowest BCUT2D eigenvalue weighted by Gasteiger charge is -2.38. The summed E-state index contributed by atoms with van der Waals surface area (Å²) in [6.45, 7) is 1.31. The number of carbonyl (C=O) groups is 4. The minimum atomic E-state index is -5.31. The summed E-state index contributed by atoms with van der Waals surface area (Å²) in [4.78, 5) is 58.5. The highest BCUT2D eigenvalue weighted by Crippen LogP contribution is 2.34. The summed E-state index contributed by atoms with van der Waals surface area (Å²) in [5, 5.41) is 3.02. The van der Waals surface area contributed by atoms with Crippen LogP contribution in [0.2, 0.25) is 5.15 Å². The number of methoxy groups -OCH3 is 1. The minimum absolute atomic E-state index is 0.118. The lowest BCUT2D eigenvalue weighted by molar-refractivity contribution is -0.202. The second-order valence-electron chi connectivity index (χ2n) is 12.3. The van der Waals surface area contributed by atoms with Gasteiger partial charge in [0, 0.05) is 6.54 Å². The van der Waals surface area contributed by atoms with Crippen LogP contribution in [0.15, 0.2) is 48.5 Å². The van der Waals surface area contributed by atoms with Crippen LogP contribution in [-0.4, -0.2) is 84.8 Å². The predicted octanol–water partition coefficient (Wildman–Crippen LogP) is 4.38. The van der Waals surface area contributed by atoms with E-state index in [9.17, 15) is 32.3 Å². The molecule has 3 aromatic rings. The zero-order valence-electron chi connectivity index (χ0n) is 28.9. The number of amides is 1. The number of aryl methyl sites for hydroxylation is 1. The van der Waals surface area contributed by atoms with Crippen molar-refractivity contribution < 1.29 is 51.3 Å². The topological polar surface area (TPSA) is 198 Å². The fourth-order valence-corrected chi connectivity index (χ4v) is 5.91. The molecular weight excluding hydrogens is 725 g/mol. The van der Waals surface area contributed by atoms with Crippen molar-refractivity contribution in [2.24, 2.45) is 0 Å². The van der Waals surface area contributed by atoms with Gasteiger partial charge in [-0.2, -0.15) is 13.2 Å². The van der Waals surface area contributed by atoms with E-state index >= 15 is 0 Å². The highest BCUT2D eigenvalue weighted by Gasteiger charge is 2.42. The van der Waals surface area contributed by atoms with Crippen LogP contribution in [-0.2, 0) is 35.8 Å². The molecule has 1 fully saturated rings. The first-order valence-corrected chi connectivity index (χ1v) is 17.0. The van der Waals surface area contributed by atoms with E-state index in [-0.39, 0.29) is 34.8 Å². The summed E-state index contributed by atoms with van der Waals surface area (Å²) in [6, 6.07) is 13.5. The molecule has 1 aliphatic rings. The number of alkyl halides is 3. The number of benzene rings is 2. The number of aromatic nitrogens is 2. The quantitative estimate of drug-likeness (QED) is 0.137. The monoisotopic (exact) mass is 764 g/mol. The molecule has 0 bridgehead atoms. The number of hydrogen-bond acceptors (Lipinski definition) is 13. The summed E-state index contributed by atoms with van der Waals surface area (Å²) in [7, 11) is 1.26. The molecule has 1 saturated heterocycles. The van der Waals surface area contributed by atoms with Gasteiger partial charge in [0.25, 0.3) is 5.91 Å². The number of anilines is 2. The van der Waals surface area contributed by atoms with Crippen LogP contribution in [0.3, 0.4) is 0 Å². The normalized spacial score (nSPS) is 14.4. The third-order valence-electron chi connectivity index (χ3n) is 8.55. The first kappa shape index (κ1) is 40.6. The first-order chi connectivity index (χ1) is 25.2. The molecule has 18 heteroatoms. The molecule has 2 aromatic carbocycles. The number of hydrogen-bond donors (Lipinski definition) is 3. The molecule has 14 nitrogen and oxygen atoms in total. The molecule has 2 heterocycles. The zero-order chi connectivity index (χ0) is 38.6. The number of ether oxygens (including phenoxy) is 4. The van der Waals surface area contributed by atoms with Crippen molar-refractivity contribution in [2.75, 3.05) is 51.4 Å². The van der Waals surface area contributed by atoms with Crippen LogP contribution in [0, 0.1) is 0 Å². The van der Waals surface area contributed by atoms with E-state index in [1.165, 1.54) is 19.2 Å². The zero-order valence-corrected chi connectivity index (χ0v) is 29.6. The molecule has 1 unspecified atom stereocenters. The maximum atomic E-state index is 13.9. The van der Waals surface area contributed by atoms with Crippen molar-refractivity contribution in [3.05, 3.63) is 70.5 Å². The Morgan fingerprint density at radius 3 is 2.06 bits per heavy atom. The Morgan fingerprint density at radius 2 is 1.45 bits per heavy atom. The molecule has 1 atom stereocenters. The standard InChI is InChI=1S/C35H40ClF3N6O8/c1-50-26(46)20-51-25-13-9-23(10-14-25)34(16-19-45-17-3-2-4-18-45,44-32(48)28-30(40)43-31(41)29(36)42-28)15-5-6-22-7-11-24(12-8-22)52-21-27(47)53-33(49)35(37,38)39/h7-14H,2-6,15-21H2,1H3,(H,44,48)(H4,40,41,43). The number of esters is 3. The number of halogens is 4. The average molecular weight is 765 g/mol. The molecule has 5 N–H and O–H groups in total. The molecule has 0 saturated carbocycles. The van der Waals surface area contributed by atoms with Crippen molar-refractivity contribution in [1.29, 1.82) is 0 Å². The number of nitrogen functional groups attached to an aromatic ring is 2. The molecule has 0 radical (unpaired) electrons. The van der Waals surface area contributed by atoms with Gasteiger partial charge in [0.05, 0.1) is 12.6 Å². The summed E-state index contributed by atoms with van der Waals surface area (Å²) in [6.07, 6.45) is -0.0229. The number of likely N-dealkylation sites (tertiary alicyclic amines) is 1. The maximum absolute atomic E-state index is 13.9. The van der Waals surface area contributed by atoms with Crippen molar-refractivity contribution >= 4 is 47.1 Å². The van der Waals surface area contributed by atoms with E-state index in [1.54, 1.807) is 24.3 Å². The number of nitrogens with two attached hydrogens (primary N) is 2. The molecule has 1 aliphatic heterocycles. The lowest BCUT2D eigenvalue weighted by atomic mass is 9.80. The highest BCUT2D eigenvalue weighted by molar-refractivity contribution is 6.31. The molecule has 1 aromatic heterocycles. The Morgan fingerprint density at radius 1 is 0.849 bits per heavy atom. The number of nitrogens with zero attached hydrogens (tertiary/aromatic N) is 3. The van der Waals surface area contributed by atoms with Crippen LogP contribution in [0.4, 0.5) is 24.8 Å². The maximum Gasteiger partial charge on any atom is 0.491 e. The van der Waals surface area contributed by atoms with Crippen LogP contribution in [0.5, 0.6) is 11.5 Å². The predicted molar refractivity (Wildman–Crippen MR) is 186 cm³/mol. The van der Waals surface area contributed by atoms with Crippen LogP contribution in [0.1, 0.15) is 60.1 Å². The Hall–Kier alpha value is -5.16. The Kier molecular flexibility index (Phi) is 14.2. The molecular formula is C35H40ClF3N6O8. The smallest absolute Gasteiger partial charge is 0.482 e. The van der Waals surface area contributed by atoms with Gasteiger partial charge in [-0.25, -0.2) is 24.4 Å². The second kappa shape index (κ2) is 18.6. The Labute approximate surface area is 308 Å². The van der Waals surface area contributed by atoms with Crippen molar-refractivity contribution in [3.8, 4) is 11.5 Å². The fourth-order valence-electron chi connectivity index (χ4n) is 5.78. The Bertz CT molecular complexity index is 1740.